The Balaban J connectivity index is 0.00000196. The quantitative estimate of drug-likeness (QED) is 0.372. The summed E-state index contributed by atoms with van der Waals surface area (Å²) in [4.78, 5) is 18.2. The van der Waals surface area contributed by atoms with Crippen molar-refractivity contribution in [2.75, 3.05) is 26.7 Å². The first-order chi connectivity index (χ1) is 12.1. The van der Waals surface area contributed by atoms with Gasteiger partial charge in [-0.3, -0.25) is 9.79 Å². The van der Waals surface area contributed by atoms with Crippen molar-refractivity contribution in [2.24, 2.45) is 28.0 Å². The number of likely N-dealkylation sites (tertiary alicyclic amines) is 1. The molecule has 26 heavy (non-hydrogen) atoms. The Morgan fingerprint density at radius 2 is 2.08 bits per heavy atom. The molecular formula is C19H33IN4O2. The van der Waals surface area contributed by atoms with Gasteiger partial charge < -0.3 is 20.7 Å². The van der Waals surface area contributed by atoms with E-state index in [0.717, 1.165) is 38.5 Å². The smallest absolute Gasteiger partial charge is 0.217 e. The molecule has 1 amide bonds. The monoisotopic (exact) mass is 476 g/mol. The number of hydrogen-bond donors (Lipinski definition) is 2. The molecule has 1 spiro atoms. The zero-order chi connectivity index (χ0) is 17.4. The van der Waals surface area contributed by atoms with Gasteiger partial charge in [0.15, 0.2) is 5.96 Å². The predicted octanol–water partition coefficient (Wildman–Crippen LogP) is 2.11. The number of rotatable bonds is 3. The number of guanidine groups is 1. The Kier molecular flexibility index (Phi) is 6.37. The maximum Gasteiger partial charge on any atom is 0.217 e. The van der Waals surface area contributed by atoms with Gasteiger partial charge in [0.1, 0.15) is 0 Å². The first-order valence-electron chi connectivity index (χ1n) is 10.0. The molecule has 7 heteroatoms. The van der Waals surface area contributed by atoms with Gasteiger partial charge >= 0.3 is 0 Å². The Morgan fingerprint density at radius 3 is 2.77 bits per heavy atom. The summed E-state index contributed by atoms with van der Waals surface area (Å²) in [5.74, 6) is 1.82. The van der Waals surface area contributed by atoms with Crippen LogP contribution in [0.5, 0.6) is 0 Å². The second-order valence-corrected chi connectivity index (χ2v) is 8.48. The molecule has 2 aliphatic carbocycles. The average molecular weight is 476 g/mol. The molecule has 2 heterocycles. The van der Waals surface area contributed by atoms with E-state index in [0.29, 0.717) is 35.8 Å². The van der Waals surface area contributed by atoms with Crippen LogP contribution in [0.25, 0.3) is 0 Å². The van der Waals surface area contributed by atoms with Crippen LogP contribution in [0.2, 0.25) is 0 Å². The summed E-state index contributed by atoms with van der Waals surface area (Å²) in [6, 6.07) is 0.498. The maximum absolute atomic E-state index is 11.3. The van der Waals surface area contributed by atoms with E-state index >= 15 is 0 Å². The van der Waals surface area contributed by atoms with E-state index in [1.54, 1.807) is 0 Å². The second-order valence-electron chi connectivity index (χ2n) is 8.48. The molecule has 0 bridgehead atoms. The number of nitrogens with zero attached hydrogens (tertiary/aromatic N) is 2. The number of hydrogen-bond acceptors (Lipinski definition) is 3. The molecular weight excluding hydrogens is 443 g/mol. The minimum Gasteiger partial charge on any atom is -0.377 e. The van der Waals surface area contributed by atoms with Gasteiger partial charge in [-0.25, -0.2) is 0 Å². The van der Waals surface area contributed by atoms with Crippen LogP contribution >= 0.6 is 24.0 Å². The number of primary amides is 1. The van der Waals surface area contributed by atoms with E-state index in [1.165, 1.54) is 32.1 Å². The van der Waals surface area contributed by atoms with Crippen LogP contribution < -0.4 is 11.1 Å². The van der Waals surface area contributed by atoms with Gasteiger partial charge in [0.05, 0.1) is 6.10 Å². The summed E-state index contributed by atoms with van der Waals surface area (Å²) in [6.45, 7) is 2.81. The van der Waals surface area contributed by atoms with Gasteiger partial charge in [-0.1, -0.05) is 12.8 Å². The Hall–Kier alpha value is -0.570. The largest absolute Gasteiger partial charge is 0.377 e. The number of piperidine rings is 1. The Morgan fingerprint density at radius 1 is 1.31 bits per heavy atom. The van der Waals surface area contributed by atoms with E-state index in [9.17, 15) is 4.79 Å². The average Bonchev–Trinajstić information content (AvgIpc) is 3.24. The third-order valence-corrected chi connectivity index (χ3v) is 7.09. The van der Waals surface area contributed by atoms with Gasteiger partial charge in [0.25, 0.3) is 0 Å². The summed E-state index contributed by atoms with van der Waals surface area (Å²) < 4.78 is 6.10. The normalized spacial score (nSPS) is 35.6. The highest BCUT2D eigenvalue weighted by atomic mass is 127. The van der Waals surface area contributed by atoms with Crippen LogP contribution in [0, 0.1) is 17.3 Å². The van der Waals surface area contributed by atoms with Crippen molar-refractivity contribution in [3.63, 3.8) is 0 Å². The van der Waals surface area contributed by atoms with Crippen LogP contribution in [0.3, 0.4) is 0 Å². The van der Waals surface area contributed by atoms with Gasteiger partial charge in [-0.05, 0) is 38.0 Å². The molecule has 4 rings (SSSR count). The standard InChI is InChI=1S/C19H32N4O2.HI/c1-21-18(23-9-4-5-13(12-23)11-15(20)24)22-16-14-6-10-25-17(14)19(16)7-2-3-8-19;/h13-14,16-17H,2-12H2,1H3,(H2,20,24)(H,21,22);1H. The molecule has 2 aliphatic heterocycles. The van der Waals surface area contributed by atoms with Crippen molar-refractivity contribution in [3.8, 4) is 0 Å². The Bertz CT molecular complexity index is 550. The van der Waals surface area contributed by atoms with Crippen LogP contribution in [0.1, 0.15) is 51.4 Å². The highest BCUT2D eigenvalue weighted by Crippen LogP contribution is 2.60. The summed E-state index contributed by atoms with van der Waals surface area (Å²) in [5.41, 5.74) is 5.74. The first kappa shape index (κ1) is 20.2. The highest BCUT2D eigenvalue weighted by molar-refractivity contribution is 14.0. The minimum absolute atomic E-state index is 0. The predicted molar refractivity (Wildman–Crippen MR) is 113 cm³/mol. The number of ether oxygens (including phenoxy) is 1. The Labute approximate surface area is 173 Å². The van der Waals surface area contributed by atoms with Crippen LogP contribution in [0.4, 0.5) is 0 Å². The third kappa shape index (κ3) is 3.45. The highest BCUT2D eigenvalue weighted by Gasteiger charge is 2.65. The lowest BCUT2D eigenvalue weighted by Gasteiger charge is -2.57. The molecule has 2 saturated heterocycles. The molecule has 0 radical (unpaired) electrons. The summed E-state index contributed by atoms with van der Waals surface area (Å²) in [7, 11) is 1.88. The van der Waals surface area contributed by atoms with Crippen molar-refractivity contribution in [1.29, 1.82) is 0 Å². The molecule has 0 aromatic carbocycles. The minimum atomic E-state index is -0.190. The molecule has 148 valence electrons. The number of amides is 1. The fraction of sp³-hybridized carbons (Fsp3) is 0.895. The van der Waals surface area contributed by atoms with E-state index in [4.69, 9.17) is 10.5 Å². The SMILES string of the molecule is CN=C(NC1C2CCOC2C12CCCC2)N1CCCC(CC(N)=O)C1.I. The topological polar surface area (TPSA) is 80.0 Å². The molecule has 3 N–H and O–H groups in total. The molecule has 0 aromatic rings. The molecule has 4 unspecified atom stereocenters. The maximum atomic E-state index is 11.3. The van der Waals surface area contributed by atoms with Gasteiger partial charge in [-0.15, -0.1) is 24.0 Å². The number of carbonyl (C=O) groups excluding carboxylic acids is 1. The van der Waals surface area contributed by atoms with Gasteiger partial charge in [-0.2, -0.15) is 0 Å². The summed E-state index contributed by atoms with van der Waals surface area (Å²) >= 11 is 0. The number of nitrogens with one attached hydrogen (secondary N) is 1. The van der Waals surface area contributed by atoms with Crippen LogP contribution in [-0.2, 0) is 9.53 Å². The molecule has 4 fully saturated rings. The van der Waals surface area contributed by atoms with Crippen molar-refractivity contribution < 1.29 is 9.53 Å². The zero-order valence-electron chi connectivity index (χ0n) is 15.8. The van der Waals surface area contributed by atoms with E-state index < -0.39 is 0 Å². The molecule has 2 saturated carbocycles. The number of carbonyl (C=O) groups is 1. The van der Waals surface area contributed by atoms with Crippen LogP contribution in [-0.4, -0.2) is 55.7 Å². The number of halogens is 1. The van der Waals surface area contributed by atoms with Crippen molar-refractivity contribution in [3.05, 3.63) is 0 Å². The fourth-order valence-electron chi connectivity index (χ4n) is 6.05. The first-order valence-corrected chi connectivity index (χ1v) is 10.0. The third-order valence-electron chi connectivity index (χ3n) is 7.09. The van der Waals surface area contributed by atoms with E-state index in [2.05, 4.69) is 15.2 Å². The molecule has 6 nitrogen and oxygen atoms in total. The van der Waals surface area contributed by atoms with Gasteiger partial charge in [0, 0.05) is 50.5 Å². The molecule has 4 atom stereocenters. The van der Waals surface area contributed by atoms with Gasteiger partial charge in [0.2, 0.25) is 5.91 Å². The van der Waals surface area contributed by atoms with Crippen molar-refractivity contribution in [1.82, 2.24) is 10.2 Å². The lowest BCUT2D eigenvalue weighted by molar-refractivity contribution is -0.125. The zero-order valence-corrected chi connectivity index (χ0v) is 18.1. The van der Waals surface area contributed by atoms with E-state index in [-0.39, 0.29) is 29.9 Å². The van der Waals surface area contributed by atoms with Crippen molar-refractivity contribution >= 4 is 35.8 Å². The van der Waals surface area contributed by atoms with Crippen molar-refractivity contribution in [2.45, 2.75) is 63.5 Å². The molecule has 4 aliphatic rings. The summed E-state index contributed by atoms with van der Waals surface area (Å²) in [6.07, 6.45) is 9.54. The lowest BCUT2D eigenvalue weighted by Crippen LogP contribution is -2.69. The fourth-order valence-corrected chi connectivity index (χ4v) is 6.05. The second kappa shape index (κ2) is 8.20. The number of nitrogens with two attached hydrogens (primary N) is 1. The number of aliphatic imine (C=N–C) groups is 1. The molecule has 0 aromatic heterocycles. The van der Waals surface area contributed by atoms with Crippen LogP contribution in [0.15, 0.2) is 4.99 Å². The summed E-state index contributed by atoms with van der Waals surface area (Å²) in [5, 5.41) is 3.83. The van der Waals surface area contributed by atoms with E-state index in [1.807, 2.05) is 7.05 Å². The number of fused-ring (bicyclic) bond motifs is 2. The lowest BCUT2D eigenvalue weighted by atomic mass is 9.54.